The standard InChI is InChI=1S/C23H28N4O3S/c1-14(2)31(29,30)17-8-9-18(15(3)12-17)25-22-24-13-19-20(26-22)23(10-11-23)21(28)27(19)16-6-4-5-7-16/h8-9,12-14,16H,4-7,10-11H2,1-3H3,(H,24,25,26). The van der Waals surface area contributed by atoms with Gasteiger partial charge in [0, 0.05) is 11.7 Å². The predicted octanol–water partition coefficient (Wildman–Crippen LogP) is 4.03. The Morgan fingerprint density at radius 2 is 1.90 bits per heavy atom. The first-order valence-corrected chi connectivity index (χ1v) is 12.6. The number of carbonyl (C=O) groups is 1. The summed E-state index contributed by atoms with van der Waals surface area (Å²) in [5.41, 5.74) is 2.82. The van der Waals surface area contributed by atoms with E-state index in [-0.39, 0.29) is 11.9 Å². The van der Waals surface area contributed by atoms with Crippen molar-refractivity contribution in [3.63, 3.8) is 0 Å². The second-order valence-electron chi connectivity index (χ2n) is 9.32. The van der Waals surface area contributed by atoms with Crippen LogP contribution in [0.4, 0.5) is 17.3 Å². The fourth-order valence-corrected chi connectivity index (χ4v) is 6.00. The maximum atomic E-state index is 13.2. The fourth-order valence-electron chi connectivity index (χ4n) is 4.85. The normalized spacial score (nSPS) is 20.0. The van der Waals surface area contributed by atoms with Crippen LogP contribution in [0.2, 0.25) is 0 Å². The van der Waals surface area contributed by atoms with Gasteiger partial charge in [-0.25, -0.2) is 18.4 Å². The highest BCUT2D eigenvalue weighted by Gasteiger charge is 2.62. The highest BCUT2D eigenvalue weighted by atomic mass is 32.2. The predicted molar refractivity (Wildman–Crippen MR) is 119 cm³/mol. The van der Waals surface area contributed by atoms with Crippen molar-refractivity contribution in [1.82, 2.24) is 9.97 Å². The van der Waals surface area contributed by atoms with Crippen LogP contribution in [0.15, 0.2) is 29.3 Å². The third-order valence-corrected chi connectivity index (χ3v) is 9.10. The number of nitrogens with zero attached hydrogens (tertiary/aromatic N) is 3. The van der Waals surface area contributed by atoms with Gasteiger partial charge in [-0.05, 0) is 70.2 Å². The van der Waals surface area contributed by atoms with Crippen LogP contribution in [0.1, 0.15) is 63.6 Å². The van der Waals surface area contributed by atoms with Crippen LogP contribution in [0.5, 0.6) is 0 Å². The second-order valence-corrected chi connectivity index (χ2v) is 11.8. The first-order chi connectivity index (χ1) is 14.7. The largest absolute Gasteiger partial charge is 0.324 e. The van der Waals surface area contributed by atoms with Crippen molar-refractivity contribution in [1.29, 1.82) is 0 Å². The molecule has 0 unspecified atom stereocenters. The summed E-state index contributed by atoms with van der Waals surface area (Å²) in [7, 11) is -3.33. The summed E-state index contributed by atoms with van der Waals surface area (Å²) in [6.45, 7) is 5.22. The Morgan fingerprint density at radius 3 is 2.52 bits per heavy atom. The van der Waals surface area contributed by atoms with Crippen molar-refractivity contribution in [3.8, 4) is 0 Å². The molecule has 7 nitrogen and oxygen atoms in total. The zero-order valence-corrected chi connectivity index (χ0v) is 19.0. The van der Waals surface area contributed by atoms with E-state index in [0.29, 0.717) is 10.8 Å². The van der Waals surface area contributed by atoms with Crippen LogP contribution in [0, 0.1) is 6.92 Å². The summed E-state index contributed by atoms with van der Waals surface area (Å²) in [6.07, 6.45) is 7.90. The molecule has 1 N–H and O–H groups in total. The average Bonchev–Trinajstić information content (AvgIpc) is 3.30. The minimum Gasteiger partial charge on any atom is -0.324 e. The Labute approximate surface area is 183 Å². The van der Waals surface area contributed by atoms with Gasteiger partial charge in [0.25, 0.3) is 0 Å². The van der Waals surface area contributed by atoms with Gasteiger partial charge in [-0.1, -0.05) is 12.8 Å². The number of hydrogen-bond acceptors (Lipinski definition) is 6. The van der Waals surface area contributed by atoms with Gasteiger partial charge < -0.3 is 10.2 Å². The highest BCUT2D eigenvalue weighted by molar-refractivity contribution is 7.92. The van der Waals surface area contributed by atoms with Gasteiger partial charge in [-0.2, -0.15) is 0 Å². The summed E-state index contributed by atoms with van der Waals surface area (Å²) in [6, 6.07) is 5.32. The molecule has 8 heteroatoms. The summed E-state index contributed by atoms with van der Waals surface area (Å²) in [5, 5.41) is 2.76. The molecule has 0 radical (unpaired) electrons. The molecule has 1 aromatic heterocycles. The fraction of sp³-hybridized carbons (Fsp3) is 0.522. The zero-order valence-electron chi connectivity index (χ0n) is 18.2. The number of amides is 1. The van der Waals surface area contributed by atoms with Crippen molar-refractivity contribution in [3.05, 3.63) is 35.7 Å². The molecule has 2 saturated carbocycles. The molecule has 2 aromatic rings. The average molecular weight is 441 g/mol. The number of aromatic nitrogens is 2. The number of sulfone groups is 1. The lowest BCUT2D eigenvalue weighted by atomic mass is 10.0. The van der Waals surface area contributed by atoms with Crippen molar-refractivity contribution >= 4 is 33.1 Å². The van der Waals surface area contributed by atoms with Crippen molar-refractivity contribution in [2.75, 3.05) is 10.2 Å². The molecule has 5 rings (SSSR count). The third-order valence-electron chi connectivity index (χ3n) is 6.94. The molecule has 1 aliphatic heterocycles. The van der Waals surface area contributed by atoms with Gasteiger partial charge in [0.05, 0.1) is 33.1 Å². The van der Waals surface area contributed by atoms with Gasteiger partial charge in [0.1, 0.15) is 0 Å². The maximum Gasteiger partial charge on any atom is 0.239 e. The van der Waals surface area contributed by atoms with Gasteiger partial charge in [0.15, 0.2) is 9.84 Å². The van der Waals surface area contributed by atoms with E-state index >= 15 is 0 Å². The maximum absolute atomic E-state index is 13.2. The molecule has 1 aromatic carbocycles. The van der Waals surface area contributed by atoms with Crippen LogP contribution in [0.3, 0.4) is 0 Å². The van der Waals surface area contributed by atoms with E-state index in [4.69, 9.17) is 4.98 Å². The second kappa shape index (κ2) is 7.02. The monoisotopic (exact) mass is 440 g/mol. The number of fused-ring (bicyclic) bond motifs is 2. The number of rotatable bonds is 5. The van der Waals surface area contributed by atoms with Crippen LogP contribution < -0.4 is 10.2 Å². The van der Waals surface area contributed by atoms with Gasteiger partial charge >= 0.3 is 0 Å². The van der Waals surface area contributed by atoms with E-state index in [9.17, 15) is 13.2 Å². The number of aryl methyl sites for hydroxylation is 1. The Bertz CT molecular complexity index is 1170. The first kappa shape index (κ1) is 20.4. The highest BCUT2D eigenvalue weighted by Crippen LogP contribution is 2.57. The summed E-state index contributed by atoms with van der Waals surface area (Å²) >= 11 is 0. The Balaban J connectivity index is 1.45. The lowest BCUT2D eigenvalue weighted by Crippen LogP contribution is -2.39. The van der Waals surface area contributed by atoms with Crippen molar-refractivity contribution < 1.29 is 13.2 Å². The van der Waals surface area contributed by atoms with E-state index in [1.54, 1.807) is 38.2 Å². The molecular formula is C23H28N4O3S. The van der Waals surface area contributed by atoms with Crippen molar-refractivity contribution in [2.45, 2.75) is 80.9 Å². The van der Waals surface area contributed by atoms with Crippen LogP contribution in [-0.2, 0) is 20.0 Å². The van der Waals surface area contributed by atoms with E-state index in [0.717, 1.165) is 48.3 Å². The van der Waals surface area contributed by atoms with E-state index in [1.807, 2.05) is 11.8 Å². The topological polar surface area (TPSA) is 92.3 Å². The van der Waals surface area contributed by atoms with Gasteiger partial charge in [-0.3, -0.25) is 4.79 Å². The summed E-state index contributed by atoms with van der Waals surface area (Å²) in [4.78, 5) is 24.8. The number of hydrogen-bond donors (Lipinski definition) is 1. The van der Waals surface area contributed by atoms with Crippen LogP contribution in [-0.4, -0.2) is 35.6 Å². The molecule has 0 bridgehead atoms. The Hall–Kier alpha value is -2.48. The lowest BCUT2D eigenvalue weighted by Gasteiger charge is -2.24. The Kier molecular flexibility index (Phi) is 4.62. The number of carbonyl (C=O) groups excluding carboxylic acids is 1. The zero-order chi connectivity index (χ0) is 22.0. The number of benzene rings is 1. The molecule has 0 atom stereocenters. The van der Waals surface area contributed by atoms with Gasteiger partial charge in [0.2, 0.25) is 11.9 Å². The van der Waals surface area contributed by atoms with E-state index in [1.165, 1.54) is 12.8 Å². The summed E-state index contributed by atoms with van der Waals surface area (Å²) < 4.78 is 24.9. The number of nitrogens with one attached hydrogen (secondary N) is 1. The molecule has 2 aliphatic carbocycles. The minimum absolute atomic E-state index is 0.195. The quantitative estimate of drug-likeness (QED) is 0.755. The molecule has 1 amide bonds. The molecule has 164 valence electrons. The number of anilines is 3. The van der Waals surface area contributed by atoms with E-state index < -0.39 is 20.5 Å². The summed E-state index contributed by atoms with van der Waals surface area (Å²) in [5.74, 6) is 0.633. The lowest BCUT2D eigenvalue weighted by molar-refractivity contribution is -0.120. The minimum atomic E-state index is -3.33. The van der Waals surface area contributed by atoms with Crippen molar-refractivity contribution in [2.24, 2.45) is 0 Å². The molecule has 2 heterocycles. The molecule has 3 aliphatic rings. The Morgan fingerprint density at radius 1 is 1.19 bits per heavy atom. The van der Waals surface area contributed by atoms with Crippen LogP contribution in [0.25, 0.3) is 0 Å². The molecule has 2 fully saturated rings. The molecule has 31 heavy (non-hydrogen) atoms. The molecule has 0 saturated heterocycles. The van der Waals surface area contributed by atoms with E-state index in [2.05, 4.69) is 10.3 Å². The van der Waals surface area contributed by atoms with Gasteiger partial charge in [-0.15, -0.1) is 0 Å². The molecular weight excluding hydrogens is 412 g/mol. The molecule has 1 spiro atoms. The smallest absolute Gasteiger partial charge is 0.239 e. The third kappa shape index (κ3) is 3.14. The van der Waals surface area contributed by atoms with Crippen LogP contribution >= 0.6 is 0 Å². The first-order valence-electron chi connectivity index (χ1n) is 11.1. The SMILES string of the molecule is Cc1cc(S(=O)(=O)C(C)C)ccc1Nc1ncc2c(n1)C1(CC1)C(=O)N2C1CCCC1.